The molecule has 13 heteroatoms. The number of nitrogens with two attached hydrogens (primary N) is 4. The van der Waals surface area contributed by atoms with Gasteiger partial charge in [0.2, 0.25) is 23.6 Å². The van der Waals surface area contributed by atoms with E-state index in [0.29, 0.717) is 25.0 Å². The van der Waals surface area contributed by atoms with Crippen LogP contribution in [0.1, 0.15) is 30.4 Å². The van der Waals surface area contributed by atoms with Crippen molar-refractivity contribution in [2.45, 2.75) is 56.3 Å². The van der Waals surface area contributed by atoms with Gasteiger partial charge in [0.15, 0.2) is 5.96 Å². The highest BCUT2D eigenvalue weighted by Gasteiger charge is 2.30. The Kier molecular flexibility index (Phi) is 14.9. The topological polar surface area (TPSA) is 221 Å². The molecule has 0 unspecified atom stereocenters. The summed E-state index contributed by atoms with van der Waals surface area (Å²) in [5.74, 6) is -1.85. The molecule has 2 rings (SSSR count). The monoisotopic (exact) mass is 598 g/mol. The highest BCUT2D eigenvalue weighted by molar-refractivity contribution is 7.98. The van der Waals surface area contributed by atoms with E-state index >= 15 is 0 Å². The van der Waals surface area contributed by atoms with E-state index in [0.717, 1.165) is 11.1 Å². The Balaban J connectivity index is 2.15. The van der Waals surface area contributed by atoms with Gasteiger partial charge in [-0.1, -0.05) is 60.7 Å². The van der Waals surface area contributed by atoms with E-state index in [4.69, 9.17) is 22.9 Å². The average molecular weight is 599 g/mol. The Hall–Kier alpha value is -4.10. The summed E-state index contributed by atoms with van der Waals surface area (Å²) >= 11 is 1.51. The minimum Gasteiger partial charge on any atom is -0.370 e. The van der Waals surface area contributed by atoms with Crippen LogP contribution in [0.15, 0.2) is 65.7 Å². The number of nitrogens with one attached hydrogen (secondary N) is 3. The molecular weight excluding hydrogens is 556 g/mol. The summed E-state index contributed by atoms with van der Waals surface area (Å²) in [6.45, 7) is 0.228. The van der Waals surface area contributed by atoms with Gasteiger partial charge in [0, 0.05) is 13.0 Å². The van der Waals surface area contributed by atoms with Crippen molar-refractivity contribution in [3.05, 3.63) is 71.8 Å². The predicted molar refractivity (Wildman–Crippen MR) is 166 cm³/mol. The third-order valence-corrected chi connectivity index (χ3v) is 7.04. The van der Waals surface area contributed by atoms with Crippen LogP contribution in [0.2, 0.25) is 0 Å². The van der Waals surface area contributed by atoms with Gasteiger partial charge in [-0.25, -0.2) is 0 Å². The maximum atomic E-state index is 13.4. The third-order valence-electron chi connectivity index (χ3n) is 6.40. The number of nitrogens with zero attached hydrogens (tertiary/aromatic N) is 1. The molecule has 0 saturated carbocycles. The first-order valence-electron chi connectivity index (χ1n) is 13.7. The fourth-order valence-electron chi connectivity index (χ4n) is 4.13. The molecule has 0 saturated heterocycles. The number of aliphatic imine (C=N–C) groups is 1. The van der Waals surface area contributed by atoms with Gasteiger partial charge in [-0.2, -0.15) is 11.8 Å². The number of amides is 4. The van der Waals surface area contributed by atoms with Gasteiger partial charge in [0.05, 0.1) is 6.04 Å². The fourth-order valence-corrected chi connectivity index (χ4v) is 4.60. The van der Waals surface area contributed by atoms with Crippen LogP contribution >= 0.6 is 11.8 Å². The molecule has 12 nitrogen and oxygen atoms in total. The number of carbonyl (C=O) groups is 4. The lowest BCUT2D eigenvalue weighted by Crippen LogP contribution is -2.58. The summed E-state index contributed by atoms with van der Waals surface area (Å²) in [6, 6.07) is 14.6. The lowest BCUT2D eigenvalue weighted by atomic mass is 10.0. The largest absolute Gasteiger partial charge is 0.370 e. The van der Waals surface area contributed by atoms with Crippen molar-refractivity contribution in [2.75, 3.05) is 18.6 Å². The van der Waals surface area contributed by atoms with Crippen molar-refractivity contribution in [3.63, 3.8) is 0 Å². The average Bonchev–Trinajstić information content (AvgIpc) is 2.96. The molecule has 0 aliphatic carbocycles. The zero-order valence-electron chi connectivity index (χ0n) is 23.8. The summed E-state index contributed by atoms with van der Waals surface area (Å²) in [5.41, 5.74) is 24.2. The second kappa shape index (κ2) is 18.4. The molecule has 0 heterocycles. The number of rotatable bonds is 18. The molecule has 228 valence electrons. The summed E-state index contributed by atoms with van der Waals surface area (Å²) in [5, 5.41) is 8.14. The zero-order chi connectivity index (χ0) is 30.9. The Bertz CT molecular complexity index is 1180. The van der Waals surface area contributed by atoms with Crippen molar-refractivity contribution in [1.29, 1.82) is 0 Å². The first-order valence-corrected chi connectivity index (χ1v) is 15.1. The Morgan fingerprint density at radius 1 is 0.738 bits per heavy atom. The van der Waals surface area contributed by atoms with Crippen LogP contribution in [0, 0.1) is 0 Å². The van der Waals surface area contributed by atoms with E-state index in [9.17, 15) is 19.2 Å². The molecule has 2 aromatic carbocycles. The molecule has 2 aromatic rings. The van der Waals surface area contributed by atoms with Crippen LogP contribution < -0.4 is 38.9 Å². The number of benzene rings is 2. The van der Waals surface area contributed by atoms with Crippen molar-refractivity contribution < 1.29 is 19.2 Å². The van der Waals surface area contributed by atoms with Crippen molar-refractivity contribution in [1.82, 2.24) is 16.0 Å². The molecule has 0 bridgehead atoms. The molecule has 11 N–H and O–H groups in total. The zero-order valence-corrected chi connectivity index (χ0v) is 24.6. The standard InChI is InChI=1S/C29H42N8O4S/c1-42-16-14-23(35-26(39)21(30)17-19-9-4-2-5-10-19)28(41)36-22(13-8-15-34-29(32)33)27(40)37-24(25(31)38)18-20-11-6-3-7-12-20/h2-7,9-12,21-24H,8,13-18,30H2,1H3,(H2,31,38)(H,35,39)(H,36,41)(H,37,40)(H4,32,33,34)/t21-,22-,23-,24+/m0/s1. The lowest BCUT2D eigenvalue weighted by molar-refractivity contribution is -0.133. The second-order valence-electron chi connectivity index (χ2n) is 9.80. The fraction of sp³-hybridized carbons (Fsp3) is 0.414. The Morgan fingerprint density at radius 3 is 1.76 bits per heavy atom. The molecule has 0 aromatic heterocycles. The lowest BCUT2D eigenvalue weighted by Gasteiger charge is -2.25. The summed E-state index contributed by atoms with van der Waals surface area (Å²) in [6.07, 6.45) is 3.21. The maximum Gasteiger partial charge on any atom is 0.243 e. The molecule has 0 aliphatic rings. The maximum absolute atomic E-state index is 13.4. The number of hydrogen-bond donors (Lipinski definition) is 7. The minimum absolute atomic E-state index is 0.0941. The quantitative estimate of drug-likeness (QED) is 0.0674. The van der Waals surface area contributed by atoms with Gasteiger partial charge in [0.25, 0.3) is 0 Å². The van der Waals surface area contributed by atoms with E-state index < -0.39 is 47.8 Å². The Morgan fingerprint density at radius 2 is 1.24 bits per heavy atom. The third kappa shape index (κ3) is 12.6. The smallest absolute Gasteiger partial charge is 0.243 e. The van der Waals surface area contributed by atoms with Crippen molar-refractivity contribution in [2.24, 2.45) is 27.9 Å². The summed E-state index contributed by atoms with van der Waals surface area (Å²) in [7, 11) is 0. The van der Waals surface area contributed by atoms with E-state index in [1.807, 2.05) is 66.9 Å². The first-order chi connectivity index (χ1) is 20.1. The molecular formula is C29H42N8O4S. The molecule has 0 aliphatic heterocycles. The molecule has 42 heavy (non-hydrogen) atoms. The SMILES string of the molecule is CSCC[C@H](NC(=O)[C@@H](N)Cc1ccccc1)C(=O)N[C@@H](CCCN=C(N)N)C(=O)N[C@H](Cc1ccccc1)C(N)=O. The van der Waals surface area contributed by atoms with Gasteiger partial charge in [-0.3, -0.25) is 24.2 Å². The van der Waals surface area contributed by atoms with Gasteiger partial charge < -0.3 is 38.9 Å². The number of thioether (sulfide) groups is 1. The van der Waals surface area contributed by atoms with E-state index in [1.54, 1.807) is 0 Å². The molecule has 0 radical (unpaired) electrons. The van der Waals surface area contributed by atoms with Crippen LogP contribution in [0.25, 0.3) is 0 Å². The van der Waals surface area contributed by atoms with Crippen LogP contribution in [0.5, 0.6) is 0 Å². The van der Waals surface area contributed by atoms with Crippen LogP contribution in [-0.4, -0.2) is 72.3 Å². The Labute approximate surface area is 250 Å². The highest BCUT2D eigenvalue weighted by atomic mass is 32.2. The van der Waals surface area contributed by atoms with Crippen LogP contribution in [0.3, 0.4) is 0 Å². The van der Waals surface area contributed by atoms with Gasteiger partial charge >= 0.3 is 0 Å². The van der Waals surface area contributed by atoms with Crippen molar-refractivity contribution >= 4 is 41.4 Å². The number of guanidine groups is 1. The molecule has 4 atom stereocenters. The number of hydrogen-bond acceptors (Lipinski definition) is 7. The van der Waals surface area contributed by atoms with Crippen molar-refractivity contribution in [3.8, 4) is 0 Å². The van der Waals surface area contributed by atoms with Gasteiger partial charge in [-0.05, 0) is 48.8 Å². The minimum atomic E-state index is -1.05. The van der Waals surface area contributed by atoms with Crippen LogP contribution in [-0.2, 0) is 32.0 Å². The van der Waals surface area contributed by atoms with E-state index in [1.165, 1.54) is 11.8 Å². The van der Waals surface area contributed by atoms with Crippen LogP contribution in [0.4, 0.5) is 0 Å². The summed E-state index contributed by atoms with van der Waals surface area (Å²) in [4.78, 5) is 55.8. The van der Waals surface area contributed by atoms with E-state index in [-0.39, 0.29) is 25.3 Å². The predicted octanol–water partition coefficient (Wildman–Crippen LogP) is -0.454. The second-order valence-corrected chi connectivity index (χ2v) is 10.8. The molecule has 0 spiro atoms. The molecule has 0 fully saturated rings. The summed E-state index contributed by atoms with van der Waals surface area (Å²) < 4.78 is 0. The number of primary amides is 1. The number of carbonyl (C=O) groups excluding carboxylic acids is 4. The molecule has 4 amide bonds. The first kappa shape index (κ1) is 34.1. The highest BCUT2D eigenvalue weighted by Crippen LogP contribution is 2.08. The normalized spacial score (nSPS) is 13.6. The van der Waals surface area contributed by atoms with E-state index in [2.05, 4.69) is 20.9 Å². The van der Waals surface area contributed by atoms with Gasteiger partial charge in [0.1, 0.15) is 18.1 Å². The van der Waals surface area contributed by atoms with Gasteiger partial charge in [-0.15, -0.1) is 0 Å².